The minimum absolute atomic E-state index is 0.199. The molecule has 0 spiro atoms. The molecule has 19 heavy (non-hydrogen) atoms. The lowest BCUT2D eigenvalue weighted by Gasteiger charge is -2.11. The van der Waals surface area contributed by atoms with Gasteiger partial charge in [-0.2, -0.15) is 0 Å². The number of hydrogen-bond acceptors (Lipinski definition) is 6. The van der Waals surface area contributed by atoms with Gasteiger partial charge in [-0.1, -0.05) is 0 Å². The number of hydrogen-bond donors (Lipinski definition) is 1. The van der Waals surface area contributed by atoms with Crippen LogP contribution in [0.1, 0.15) is 30.4 Å². The lowest BCUT2D eigenvalue weighted by atomic mass is 10.3. The second-order valence-corrected chi connectivity index (χ2v) is 4.32. The Morgan fingerprint density at radius 2 is 2.21 bits per heavy atom. The number of imidazole rings is 1. The topological polar surface area (TPSA) is 99.0 Å². The van der Waals surface area contributed by atoms with Crippen LogP contribution in [-0.2, 0) is 7.05 Å². The van der Waals surface area contributed by atoms with E-state index in [1.54, 1.807) is 31.7 Å². The van der Waals surface area contributed by atoms with Gasteiger partial charge < -0.3 is 19.8 Å². The van der Waals surface area contributed by atoms with E-state index in [4.69, 9.17) is 4.42 Å². The van der Waals surface area contributed by atoms with Crippen LogP contribution in [0.3, 0.4) is 0 Å². The van der Waals surface area contributed by atoms with Gasteiger partial charge in [0.1, 0.15) is 11.8 Å². The number of aryl methyl sites for hydroxylation is 2. The van der Waals surface area contributed by atoms with Crippen molar-refractivity contribution in [1.82, 2.24) is 14.5 Å². The predicted molar refractivity (Wildman–Crippen MR) is 67.9 cm³/mol. The zero-order chi connectivity index (χ0) is 14.2. The highest BCUT2D eigenvalue weighted by Crippen LogP contribution is 2.27. The van der Waals surface area contributed by atoms with Crippen molar-refractivity contribution in [2.75, 3.05) is 5.32 Å². The van der Waals surface area contributed by atoms with Crippen LogP contribution >= 0.6 is 0 Å². The van der Waals surface area contributed by atoms with Crippen LogP contribution in [0.2, 0.25) is 0 Å². The normalized spacial score (nSPS) is 12.4. The first kappa shape index (κ1) is 13.1. The summed E-state index contributed by atoms with van der Waals surface area (Å²) in [7, 11) is 1.71. The quantitative estimate of drug-likeness (QED) is 0.671. The molecule has 0 aliphatic heterocycles. The molecule has 2 rings (SSSR count). The van der Waals surface area contributed by atoms with Crippen LogP contribution in [-0.4, -0.2) is 19.5 Å². The summed E-state index contributed by atoms with van der Waals surface area (Å²) in [6.07, 6.45) is 1.61. The molecule has 2 aromatic heterocycles. The van der Waals surface area contributed by atoms with Crippen LogP contribution in [0.15, 0.2) is 10.6 Å². The average Bonchev–Trinajstić information content (AvgIpc) is 2.88. The predicted octanol–water partition coefficient (Wildman–Crippen LogP) is 2.11. The minimum Gasteiger partial charge on any atom is -0.444 e. The van der Waals surface area contributed by atoms with Crippen molar-refractivity contribution < 1.29 is 9.34 Å². The third-order valence-electron chi connectivity index (χ3n) is 2.84. The maximum Gasteiger partial charge on any atom is 0.406 e. The van der Waals surface area contributed by atoms with Gasteiger partial charge in [0, 0.05) is 14.0 Å². The van der Waals surface area contributed by atoms with Crippen molar-refractivity contribution in [3.8, 4) is 0 Å². The first-order valence-corrected chi connectivity index (χ1v) is 5.76. The highest BCUT2D eigenvalue weighted by atomic mass is 16.6. The highest BCUT2D eigenvalue weighted by Gasteiger charge is 2.26. The number of rotatable bonds is 4. The molecular weight excluding hydrogens is 250 g/mol. The SMILES string of the molecule is Cc1cnc(C(C)Nc2c([N+](=O)[O-])nc(C)n2C)o1. The summed E-state index contributed by atoms with van der Waals surface area (Å²) in [5.74, 6) is 1.87. The van der Waals surface area contributed by atoms with E-state index in [1.807, 2.05) is 6.92 Å². The van der Waals surface area contributed by atoms with Gasteiger partial charge in [0.05, 0.1) is 6.20 Å². The Kier molecular flexibility index (Phi) is 3.24. The number of nitrogens with one attached hydrogen (secondary N) is 1. The fraction of sp³-hybridized carbons (Fsp3) is 0.455. The van der Waals surface area contributed by atoms with Crippen LogP contribution in [0.4, 0.5) is 11.6 Å². The largest absolute Gasteiger partial charge is 0.444 e. The molecule has 0 saturated heterocycles. The van der Waals surface area contributed by atoms with Gasteiger partial charge in [-0.3, -0.25) is 4.57 Å². The van der Waals surface area contributed by atoms with E-state index >= 15 is 0 Å². The molecule has 1 unspecified atom stereocenters. The summed E-state index contributed by atoms with van der Waals surface area (Å²) >= 11 is 0. The Morgan fingerprint density at radius 1 is 1.53 bits per heavy atom. The van der Waals surface area contributed by atoms with Crippen molar-refractivity contribution in [2.24, 2.45) is 7.05 Å². The number of anilines is 1. The highest BCUT2D eigenvalue weighted by molar-refractivity contribution is 5.54. The van der Waals surface area contributed by atoms with Crippen molar-refractivity contribution in [3.05, 3.63) is 33.8 Å². The summed E-state index contributed by atoms with van der Waals surface area (Å²) in [5, 5.41) is 14.0. The number of nitrogens with zero attached hydrogens (tertiary/aromatic N) is 4. The lowest BCUT2D eigenvalue weighted by Crippen LogP contribution is -2.11. The van der Waals surface area contributed by atoms with Gasteiger partial charge in [-0.25, -0.2) is 4.98 Å². The molecule has 0 aromatic carbocycles. The Morgan fingerprint density at radius 3 is 2.74 bits per heavy atom. The van der Waals surface area contributed by atoms with Gasteiger partial charge in [0.2, 0.25) is 17.5 Å². The van der Waals surface area contributed by atoms with Gasteiger partial charge in [-0.15, -0.1) is 0 Å². The molecule has 8 nitrogen and oxygen atoms in total. The van der Waals surface area contributed by atoms with Crippen molar-refractivity contribution in [1.29, 1.82) is 0 Å². The molecule has 0 aliphatic carbocycles. The molecule has 0 saturated carbocycles. The second-order valence-electron chi connectivity index (χ2n) is 4.32. The van der Waals surface area contributed by atoms with Crippen molar-refractivity contribution in [2.45, 2.75) is 26.8 Å². The maximum absolute atomic E-state index is 11.0. The summed E-state index contributed by atoms with van der Waals surface area (Å²) in [6, 6.07) is -0.290. The smallest absolute Gasteiger partial charge is 0.406 e. The molecule has 0 radical (unpaired) electrons. The molecule has 0 amide bonds. The molecule has 0 aliphatic rings. The number of aromatic nitrogens is 3. The van der Waals surface area contributed by atoms with Crippen LogP contribution in [0, 0.1) is 24.0 Å². The molecule has 0 fully saturated rings. The third kappa shape index (κ3) is 2.42. The Bertz CT molecular complexity index is 616. The lowest BCUT2D eigenvalue weighted by molar-refractivity contribution is -0.388. The van der Waals surface area contributed by atoms with Gasteiger partial charge >= 0.3 is 5.82 Å². The average molecular weight is 265 g/mol. The van der Waals surface area contributed by atoms with Crippen molar-refractivity contribution >= 4 is 11.6 Å². The van der Waals surface area contributed by atoms with E-state index in [0.29, 0.717) is 23.3 Å². The van der Waals surface area contributed by atoms with E-state index < -0.39 is 4.92 Å². The third-order valence-corrected chi connectivity index (χ3v) is 2.84. The Balaban J connectivity index is 2.30. The fourth-order valence-electron chi connectivity index (χ4n) is 1.72. The minimum atomic E-state index is -0.511. The maximum atomic E-state index is 11.0. The standard InChI is InChI=1S/C11H15N5O3/c1-6-5-12-11(19-6)7(2)13-9-10(16(17)18)14-8(3)15(9)4/h5,7,13H,1-4H3. The Labute approximate surface area is 109 Å². The summed E-state index contributed by atoms with van der Waals surface area (Å²) < 4.78 is 7.02. The van der Waals surface area contributed by atoms with E-state index in [2.05, 4.69) is 15.3 Å². The van der Waals surface area contributed by atoms with Crippen LogP contribution in [0.25, 0.3) is 0 Å². The summed E-state index contributed by atoms with van der Waals surface area (Å²) in [5.41, 5.74) is 0. The molecule has 0 bridgehead atoms. The molecule has 1 N–H and O–H groups in total. The van der Waals surface area contributed by atoms with E-state index in [9.17, 15) is 10.1 Å². The first-order chi connectivity index (χ1) is 8.90. The summed E-state index contributed by atoms with van der Waals surface area (Å²) in [6.45, 7) is 5.31. The van der Waals surface area contributed by atoms with Crippen LogP contribution < -0.4 is 5.32 Å². The molecule has 1 atom stereocenters. The van der Waals surface area contributed by atoms with E-state index in [0.717, 1.165) is 0 Å². The van der Waals surface area contributed by atoms with Gasteiger partial charge in [0.15, 0.2) is 0 Å². The molecular formula is C11H15N5O3. The molecule has 8 heteroatoms. The molecule has 2 heterocycles. The van der Waals surface area contributed by atoms with E-state index in [-0.39, 0.29) is 11.9 Å². The molecule has 2 aromatic rings. The number of oxazole rings is 1. The monoisotopic (exact) mass is 265 g/mol. The van der Waals surface area contributed by atoms with Crippen LogP contribution in [0.5, 0.6) is 0 Å². The first-order valence-electron chi connectivity index (χ1n) is 5.76. The zero-order valence-corrected chi connectivity index (χ0v) is 11.2. The van der Waals surface area contributed by atoms with E-state index in [1.165, 1.54) is 0 Å². The van der Waals surface area contributed by atoms with Gasteiger partial charge in [0.25, 0.3) is 0 Å². The number of nitro groups is 1. The molecule has 102 valence electrons. The fourth-order valence-corrected chi connectivity index (χ4v) is 1.72. The summed E-state index contributed by atoms with van der Waals surface area (Å²) in [4.78, 5) is 18.5. The van der Waals surface area contributed by atoms with Gasteiger partial charge in [-0.05, 0) is 23.8 Å². The Hall–Kier alpha value is -2.38. The zero-order valence-electron chi connectivity index (χ0n) is 11.2. The van der Waals surface area contributed by atoms with Crippen molar-refractivity contribution in [3.63, 3.8) is 0 Å². The second kappa shape index (κ2) is 4.71.